The maximum Gasteiger partial charge on any atom is 0.416 e. The summed E-state index contributed by atoms with van der Waals surface area (Å²) in [6.45, 7) is 1.78. The fraction of sp³-hybridized carbons (Fsp3) is 0.467. The zero-order valence-corrected chi connectivity index (χ0v) is 12.8. The largest absolute Gasteiger partial charge is 0.467 e. The molecule has 0 saturated heterocycles. The van der Waals surface area contributed by atoms with Crippen LogP contribution in [0, 0.1) is 0 Å². The maximum absolute atomic E-state index is 12.7. The van der Waals surface area contributed by atoms with Crippen molar-refractivity contribution in [2.45, 2.75) is 25.6 Å². The fourth-order valence-corrected chi connectivity index (χ4v) is 1.88. The zero-order valence-electron chi connectivity index (χ0n) is 12.8. The van der Waals surface area contributed by atoms with Gasteiger partial charge in [-0.2, -0.15) is 13.2 Å². The minimum Gasteiger partial charge on any atom is -0.467 e. The van der Waals surface area contributed by atoms with Gasteiger partial charge in [0.2, 0.25) is 5.91 Å². The van der Waals surface area contributed by atoms with E-state index in [1.54, 1.807) is 6.92 Å². The van der Waals surface area contributed by atoms with E-state index in [0.717, 1.165) is 19.2 Å². The van der Waals surface area contributed by atoms with Crippen molar-refractivity contribution in [3.8, 4) is 0 Å². The Bertz CT molecular complexity index is 546. The summed E-state index contributed by atoms with van der Waals surface area (Å²) in [5.74, 6) is -1.29. The normalized spacial score (nSPS) is 12.6. The second-order valence-electron chi connectivity index (χ2n) is 4.68. The molecule has 0 saturated carbocycles. The third kappa shape index (κ3) is 6.27. The van der Waals surface area contributed by atoms with Crippen molar-refractivity contribution in [2.75, 3.05) is 20.3 Å². The first kappa shape index (κ1) is 19.0. The molecule has 8 heteroatoms. The van der Waals surface area contributed by atoms with Gasteiger partial charge in [0.25, 0.3) is 0 Å². The first-order valence-corrected chi connectivity index (χ1v) is 6.89. The third-order valence-corrected chi connectivity index (χ3v) is 2.95. The van der Waals surface area contributed by atoms with Crippen molar-refractivity contribution in [1.29, 1.82) is 0 Å². The van der Waals surface area contributed by atoms with Crippen molar-refractivity contribution in [3.63, 3.8) is 0 Å². The average molecular weight is 333 g/mol. The Kier molecular flexibility index (Phi) is 7.02. The van der Waals surface area contributed by atoms with Gasteiger partial charge in [-0.1, -0.05) is 18.2 Å². The Balaban J connectivity index is 2.85. The van der Waals surface area contributed by atoms with Gasteiger partial charge in [-0.15, -0.1) is 0 Å². The van der Waals surface area contributed by atoms with Gasteiger partial charge in [0, 0.05) is 13.0 Å². The molecule has 0 spiro atoms. The topological polar surface area (TPSA) is 64.6 Å². The van der Waals surface area contributed by atoms with Crippen LogP contribution in [0.5, 0.6) is 0 Å². The summed E-state index contributed by atoms with van der Waals surface area (Å²) < 4.78 is 47.6. The lowest BCUT2D eigenvalue weighted by Gasteiger charge is -2.17. The van der Waals surface area contributed by atoms with Gasteiger partial charge in [0.15, 0.2) is 0 Å². The fourth-order valence-electron chi connectivity index (χ4n) is 1.88. The summed E-state index contributed by atoms with van der Waals surface area (Å²) in [7, 11) is 1.14. The molecule has 23 heavy (non-hydrogen) atoms. The van der Waals surface area contributed by atoms with Gasteiger partial charge in [-0.05, 0) is 18.6 Å². The van der Waals surface area contributed by atoms with Gasteiger partial charge in [-0.3, -0.25) is 4.79 Å². The molecule has 1 aromatic rings. The van der Waals surface area contributed by atoms with Crippen LogP contribution < -0.4 is 5.32 Å². The predicted molar refractivity (Wildman–Crippen MR) is 75.6 cm³/mol. The number of benzene rings is 1. The minimum atomic E-state index is -4.48. The Hall–Kier alpha value is -2.09. The number of esters is 1. The van der Waals surface area contributed by atoms with Crippen LogP contribution in [0.25, 0.3) is 0 Å². The van der Waals surface area contributed by atoms with E-state index in [9.17, 15) is 22.8 Å². The smallest absolute Gasteiger partial charge is 0.416 e. The molecule has 0 fully saturated rings. The van der Waals surface area contributed by atoms with E-state index in [0.29, 0.717) is 6.61 Å². The zero-order chi connectivity index (χ0) is 17.5. The Labute approximate surface area is 131 Å². The maximum atomic E-state index is 12.7. The molecular formula is C15H18F3NO4. The van der Waals surface area contributed by atoms with Crippen molar-refractivity contribution < 1.29 is 32.2 Å². The number of ether oxygens (including phenoxy) is 2. The molecule has 0 aliphatic heterocycles. The molecule has 0 aliphatic carbocycles. The molecule has 0 bridgehead atoms. The van der Waals surface area contributed by atoms with E-state index in [4.69, 9.17) is 4.74 Å². The highest BCUT2D eigenvalue weighted by Crippen LogP contribution is 2.29. The molecule has 128 valence electrons. The summed E-state index contributed by atoms with van der Waals surface area (Å²) in [5, 5.41) is 2.39. The molecule has 0 unspecified atom stereocenters. The number of carbonyl (C=O) groups excluding carboxylic acids is 2. The van der Waals surface area contributed by atoms with E-state index in [1.165, 1.54) is 12.1 Å². The number of carbonyl (C=O) groups is 2. The molecule has 1 amide bonds. The molecule has 1 rings (SSSR count). The average Bonchev–Trinajstić information content (AvgIpc) is 2.51. The second-order valence-corrected chi connectivity index (χ2v) is 4.68. The molecule has 1 N–H and O–H groups in total. The Morgan fingerprint density at radius 3 is 2.57 bits per heavy atom. The first-order valence-electron chi connectivity index (χ1n) is 6.89. The van der Waals surface area contributed by atoms with Gasteiger partial charge in [-0.25, -0.2) is 4.79 Å². The number of hydrogen-bond acceptors (Lipinski definition) is 4. The quantitative estimate of drug-likeness (QED) is 0.775. The summed E-state index contributed by atoms with van der Waals surface area (Å²) >= 11 is 0. The standard InChI is InChI=1S/C15H18F3NO4/c1-3-23-9-13(20)19-12(14(21)22-2)8-10-5-4-6-11(7-10)15(16,17)18/h4-7,12H,3,8-9H2,1-2H3,(H,19,20)/t12-/m0/s1. The van der Waals surface area contributed by atoms with Crippen LogP contribution in [0.3, 0.4) is 0 Å². The molecule has 0 radical (unpaired) electrons. The van der Waals surface area contributed by atoms with Crippen LogP contribution >= 0.6 is 0 Å². The van der Waals surface area contributed by atoms with Gasteiger partial charge in [0.05, 0.1) is 12.7 Å². The molecule has 5 nitrogen and oxygen atoms in total. The molecular weight excluding hydrogens is 315 g/mol. The van der Waals surface area contributed by atoms with E-state index in [-0.39, 0.29) is 18.6 Å². The van der Waals surface area contributed by atoms with Crippen LogP contribution in [0.2, 0.25) is 0 Å². The first-order chi connectivity index (χ1) is 10.8. The number of amides is 1. The van der Waals surface area contributed by atoms with E-state index in [2.05, 4.69) is 10.1 Å². The van der Waals surface area contributed by atoms with Gasteiger partial charge < -0.3 is 14.8 Å². The van der Waals surface area contributed by atoms with Crippen molar-refractivity contribution in [1.82, 2.24) is 5.32 Å². The highest BCUT2D eigenvalue weighted by Gasteiger charge is 2.31. The highest BCUT2D eigenvalue weighted by molar-refractivity contribution is 5.85. The van der Waals surface area contributed by atoms with E-state index in [1.807, 2.05) is 0 Å². The SMILES string of the molecule is CCOCC(=O)N[C@@H](Cc1cccc(C(F)(F)F)c1)C(=O)OC. The predicted octanol–water partition coefficient (Wildman–Crippen LogP) is 1.94. The van der Waals surface area contributed by atoms with Gasteiger partial charge in [0.1, 0.15) is 12.6 Å². The van der Waals surface area contributed by atoms with Crippen molar-refractivity contribution in [3.05, 3.63) is 35.4 Å². The lowest BCUT2D eigenvalue weighted by Crippen LogP contribution is -2.44. The number of hydrogen-bond donors (Lipinski definition) is 1. The summed E-state index contributed by atoms with van der Waals surface area (Å²) in [4.78, 5) is 23.3. The number of nitrogens with one attached hydrogen (secondary N) is 1. The van der Waals surface area contributed by atoms with Crippen LogP contribution in [-0.2, 0) is 31.7 Å². The molecule has 1 aromatic carbocycles. The van der Waals surface area contributed by atoms with Crippen molar-refractivity contribution in [2.24, 2.45) is 0 Å². The second kappa shape index (κ2) is 8.52. The third-order valence-electron chi connectivity index (χ3n) is 2.95. The molecule has 0 aromatic heterocycles. The summed E-state index contributed by atoms with van der Waals surface area (Å²) in [5.41, 5.74) is -0.564. The van der Waals surface area contributed by atoms with Crippen LogP contribution in [-0.4, -0.2) is 38.2 Å². The molecule has 0 aliphatic rings. The Morgan fingerprint density at radius 2 is 2.00 bits per heavy atom. The van der Waals surface area contributed by atoms with Crippen LogP contribution in [0.1, 0.15) is 18.1 Å². The number of rotatable bonds is 7. The minimum absolute atomic E-state index is 0.117. The Morgan fingerprint density at radius 1 is 1.30 bits per heavy atom. The number of alkyl halides is 3. The summed E-state index contributed by atoms with van der Waals surface area (Å²) in [6, 6.07) is 3.47. The van der Waals surface area contributed by atoms with Crippen LogP contribution in [0.15, 0.2) is 24.3 Å². The monoisotopic (exact) mass is 333 g/mol. The van der Waals surface area contributed by atoms with E-state index >= 15 is 0 Å². The van der Waals surface area contributed by atoms with Crippen molar-refractivity contribution >= 4 is 11.9 Å². The molecule has 0 heterocycles. The highest BCUT2D eigenvalue weighted by atomic mass is 19.4. The summed E-state index contributed by atoms with van der Waals surface area (Å²) in [6.07, 6.45) is -4.59. The number of halogens is 3. The lowest BCUT2D eigenvalue weighted by molar-refractivity contribution is -0.145. The van der Waals surface area contributed by atoms with E-state index < -0.39 is 29.7 Å². The van der Waals surface area contributed by atoms with Crippen LogP contribution in [0.4, 0.5) is 13.2 Å². The number of methoxy groups -OCH3 is 1. The lowest BCUT2D eigenvalue weighted by atomic mass is 10.0. The van der Waals surface area contributed by atoms with Gasteiger partial charge >= 0.3 is 12.1 Å². The molecule has 1 atom stereocenters.